The average Bonchev–Trinajstić information content (AvgIpc) is 3.10. The number of carboxylic acids is 1. The molecule has 0 aliphatic carbocycles. The lowest BCUT2D eigenvalue weighted by atomic mass is 9.94. The lowest BCUT2D eigenvalue weighted by Crippen LogP contribution is -2.38. The van der Waals surface area contributed by atoms with Crippen LogP contribution in [0.2, 0.25) is 0 Å². The van der Waals surface area contributed by atoms with Crippen molar-refractivity contribution in [3.63, 3.8) is 0 Å². The van der Waals surface area contributed by atoms with Crippen LogP contribution < -0.4 is 14.8 Å². The Balaban J connectivity index is 0.000000284. The number of rotatable bonds is 14. The number of nitrogens with one attached hydrogen (secondary N) is 1. The number of hydrogen-bond donors (Lipinski definition) is 3. The molecular weight excluding hydrogens is 632 g/mol. The number of benzene rings is 4. The van der Waals surface area contributed by atoms with Gasteiger partial charge in [0, 0.05) is 29.0 Å². The highest BCUT2D eigenvalue weighted by Gasteiger charge is 2.37. The largest absolute Gasteiger partial charge is 0.497 e. The summed E-state index contributed by atoms with van der Waals surface area (Å²) >= 11 is 0.983. The summed E-state index contributed by atoms with van der Waals surface area (Å²) in [5.74, 6) is -0.966. The van der Waals surface area contributed by atoms with Gasteiger partial charge >= 0.3 is 5.97 Å². The van der Waals surface area contributed by atoms with E-state index in [0.29, 0.717) is 22.6 Å². The first-order chi connectivity index (χ1) is 23.0. The van der Waals surface area contributed by atoms with Crippen molar-refractivity contribution in [2.24, 2.45) is 0 Å². The van der Waals surface area contributed by atoms with Crippen LogP contribution in [0.1, 0.15) is 61.1 Å². The van der Waals surface area contributed by atoms with Crippen LogP contribution in [0.25, 0.3) is 11.1 Å². The van der Waals surface area contributed by atoms with Gasteiger partial charge in [-0.05, 0) is 90.4 Å². The maximum absolute atomic E-state index is 14.9. The molecule has 1 unspecified atom stereocenters. The molecular formula is C39H47F2NO5S. The highest BCUT2D eigenvalue weighted by Crippen LogP contribution is 2.43. The Morgan fingerprint density at radius 3 is 1.81 bits per heavy atom. The SMILES string of the molecule is CCc1ccc(-c2ccc(OC)cc2F)cc1CC.CCc1ccc(C(O)(SC[C@H](NC)C(=O)O)c2ccc(OC)cc2F)cc1CC. The van der Waals surface area contributed by atoms with E-state index < -0.39 is 22.8 Å². The number of thioether (sulfide) groups is 1. The number of aryl methyl sites for hydroxylation is 4. The molecule has 0 heterocycles. The van der Waals surface area contributed by atoms with Crippen LogP contribution >= 0.6 is 11.8 Å². The van der Waals surface area contributed by atoms with Crippen molar-refractivity contribution in [3.05, 3.63) is 118 Å². The Labute approximate surface area is 287 Å². The highest BCUT2D eigenvalue weighted by atomic mass is 32.2. The lowest BCUT2D eigenvalue weighted by molar-refractivity contribution is -0.138. The highest BCUT2D eigenvalue weighted by molar-refractivity contribution is 8.00. The van der Waals surface area contributed by atoms with Crippen LogP contribution in [0, 0.1) is 11.6 Å². The minimum Gasteiger partial charge on any atom is -0.497 e. The van der Waals surface area contributed by atoms with E-state index in [-0.39, 0.29) is 17.1 Å². The molecule has 4 rings (SSSR count). The van der Waals surface area contributed by atoms with Crippen molar-refractivity contribution >= 4 is 17.7 Å². The van der Waals surface area contributed by atoms with Gasteiger partial charge in [-0.1, -0.05) is 64.1 Å². The number of methoxy groups -OCH3 is 2. The molecule has 0 saturated carbocycles. The molecule has 9 heteroatoms. The number of ether oxygens (including phenoxy) is 2. The third-order valence-corrected chi connectivity index (χ3v) is 9.83. The van der Waals surface area contributed by atoms with Gasteiger partial charge in [-0.15, -0.1) is 11.8 Å². The molecule has 2 atom stereocenters. The molecule has 0 aromatic heterocycles. The Bertz CT molecular complexity index is 1680. The first-order valence-corrected chi connectivity index (χ1v) is 17.2. The van der Waals surface area contributed by atoms with E-state index in [4.69, 9.17) is 9.47 Å². The number of halogens is 2. The van der Waals surface area contributed by atoms with Crippen LogP contribution in [-0.4, -0.2) is 49.2 Å². The Morgan fingerprint density at radius 1 is 0.771 bits per heavy atom. The molecule has 4 aromatic carbocycles. The third-order valence-electron chi connectivity index (χ3n) is 8.46. The summed E-state index contributed by atoms with van der Waals surface area (Å²) in [6, 6.07) is 20.2. The predicted molar refractivity (Wildman–Crippen MR) is 191 cm³/mol. The van der Waals surface area contributed by atoms with Gasteiger partial charge in [0.25, 0.3) is 0 Å². The fourth-order valence-electron chi connectivity index (χ4n) is 5.53. The molecule has 258 valence electrons. The second kappa shape index (κ2) is 18.0. The summed E-state index contributed by atoms with van der Waals surface area (Å²) in [5, 5.41) is 23.7. The summed E-state index contributed by atoms with van der Waals surface area (Å²) < 4.78 is 39.1. The second-order valence-electron chi connectivity index (χ2n) is 11.2. The third kappa shape index (κ3) is 9.15. The molecule has 0 radical (unpaired) electrons. The maximum atomic E-state index is 14.9. The Hall–Kier alpha value is -3.92. The zero-order valence-electron chi connectivity index (χ0n) is 28.8. The smallest absolute Gasteiger partial charge is 0.321 e. The molecule has 6 nitrogen and oxygen atoms in total. The maximum Gasteiger partial charge on any atom is 0.321 e. The zero-order valence-corrected chi connectivity index (χ0v) is 29.6. The van der Waals surface area contributed by atoms with Crippen LogP contribution in [0.15, 0.2) is 72.8 Å². The van der Waals surface area contributed by atoms with Crippen molar-refractivity contribution < 1.29 is 33.3 Å². The second-order valence-corrected chi connectivity index (χ2v) is 12.4. The monoisotopic (exact) mass is 679 g/mol. The van der Waals surface area contributed by atoms with E-state index in [1.165, 1.54) is 43.5 Å². The number of aliphatic carboxylic acids is 1. The first-order valence-electron chi connectivity index (χ1n) is 16.2. The molecule has 48 heavy (non-hydrogen) atoms. The van der Waals surface area contributed by atoms with Gasteiger partial charge in [0.1, 0.15) is 29.2 Å². The minimum atomic E-state index is -1.75. The van der Waals surface area contributed by atoms with Crippen LogP contribution in [0.5, 0.6) is 11.5 Å². The lowest BCUT2D eigenvalue weighted by Gasteiger charge is -2.31. The van der Waals surface area contributed by atoms with E-state index in [0.717, 1.165) is 54.1 Å². The number of carbonyl (C=O) groups is 1. The van der Waals surface area contributed by atoms with Gasteiger partial charge in [-0.3, -0.25) is 4.79 Å². The van der Waals surface area contributed by atoms with Gasteiger partial charge in [0.2, 0.25) is 0 Å². The molecule has 0 fully saturated rings. The van der Waals surface area contributed by atoms with E-state index >= 15 is 0 Å². The van der Waals surface area contributed by atoms with Crippen molar-refractivity contribution in [1.82, 2.24) is 5.32 Å². The molecule has 0 aliphatic heterocycles. The molecule has 4 aromatic rings. The molecule has 0 aliphatic rings. The van der Waals surface area contributed by atoms with Crippen LogP contribution in [0.4, 0.5) is 8.78 Å². The van der Waals surface area contributed by atoms with Crippen molar-refractivity contribution in [3.8, 4) is 22.6 Å². The van der Waals surface area contributed by atoms with Gasteiger partial charge < -0.3 is 25.0 Å². The fourth-order valence-corrected chi connectivity index (χ4v) is 6.86. The van der Waals surface area contributed by atoms with Crippen molar-refractivity contribution in [1.29, 1.82) is 0 Å². The van der Waals surface area contributed by atoms with Gasteiger partial charge in [-0.2, -0.15) is 0 Å². The van der Waals surface area contributed by atoms with E-state index in [2.05, 4.69) is 38.2 Å². The predicted octanol–water partition coefficient (Wildman–Crippen LogP) is 8.18. The summed E-state index contributed by atoms with van der Waals surface area (Å²) in [5.41, 5.74) is 6.98. The van der Waals surface area contributed by atoms with Gasteiger partial charge in [0.15, 0.2) is 4.93 Å². The van der Waals surface area contributed by atoms with Crippen molar-refractivity contribution in [2.75, 3.05) is 27.0 Å². The molecule has 0 saturated heterocycles. The number of likely N-dealkylation sites (N-methyl/N-ethyl adjacent to an activating group) is 1. The molecule has 3 N–H and O–H groups in total. The van der Waals surface area contributed by atoms with Crippen LogP contribution in [0.3, 0.4) is 0 Å². The Kier molecular flexibility index (Phi) is 14.5. The molecule has 0 spiro atoms. The summed E-state index contributed by atoms with van der Waals surface area (Å²) in [6.45, 7) is 8.35. The zero-order chi connectivity index (χ0) is 35.4. The minimum absolute atomic E-state index is 0.0464. The quantitative estimate of drug-likeness (QED) is 0.116. The molecule has 0 amide bonds. The first kappa shape index (κ1) is 38.5. The number of aliphatic hydroxyl groups is 1. The van der Waals surface area contributed by atoms with Gasteiger partial charge in [0.05, 0.1) is 14.2 Å². The van der Waals surface area contributed by atoms with Gasteiger partial charge in [-0.25, -0.2) is 8.78 Å². The van der Waals surface area contributed by atoms with E-state index in [9.17, 15) is 23.8 Å². The van der Waals surface area contributed by atoms with E-state index in [1.54, 1.807) is 31.4 Å². The van der Waals surface area contributed by atoms with Crippen LogP contribution in [-0.2, 0) is 35.4 Å². The summed E-state index contributed by atoms with van der Waals surface area (Å²) in [7, 11) is 4.52. The van der Waals surface area contributed by atoms with E-state index in [1.807, 2.05) is 25.1 Å². The molecule has 0 bridgehead atoms. The summed E-state index contributed by atoms with van der Waals surface area (Å²) in [6.07, 6.45) is 3.60. The average molecular weight is 680 g/mol. The fraction of sp³-hybridized carbons (Fsp3) is 0.359. The normalized spacial score (nSPS) is 12.8. The standard InChI is InChI=1S/C22H28FNO4S.C17H19FO/c1-5-14-7-8-16(11-15(14)6-2)22(27,29-13-20(24-3)21(25)26)18-10-9-17(28-4)12-19(18)23;1-4-12-6-7-14(10-13(12)5-2)16-9-8-15(19-3)11-17(16)18/h7-12,20,24,27H,5-6,13H2,1-4H3,(H,25,26);6-11H,4-5H2,1-3H3/t20-,22?;/m0./s1. The van der Waals surface area contributed by atoms with Crippen molar-refractivity contribution in [2.45, 2.75) is 64.4 Å². The summed E-state index contributed by atoms with van der Waals surface area (Å²) in [4.78, 5) is 9.65. The topological polar surface area (TPSA) is 88.0 Å². The number of hydrogen-bond acceptors (Lipinski definition) is 6. The Morgan fingerprint density at radius 2 is 1.31 bits per heavy atom. The number of carboxylic acid groups (broad SMARTS) is 1.